The minimum Gasteiger partial charge on any atom is -0.494 e. The summed E-state index contributed by atoms with van der Waals surface area (Å²) >= 11 is 0. The first-order chi connectivity index (χ1) is 8.88. The van der Waals surface area contributed by atoms with Crippen molar-refractivity contribution in [3.63, 3.8) is 0 Å². The first-order valence-corrected chi connectivity index (χ1v) is 6.81. The van der Waals surface area contributed by atoms with Crippen molar-refractivity contribution >= 4 is 5.91 Å². The van der Waals surface area contributed by atoms with Gasteiger partial charge in [-0.2, -0.15) is 0 Å². The molecule has 0 spiro atoms. The monoisotopic (exact) mass is 263 g/mol. The lowest BCUT2D eigenvalue weighted by atomic mass is 9.74. The molecular formula is C16H25NO2. The highest BCUT2D eigenvalue weighted by atomic mass is 16.5. The molecule has 1 amide bonds. The maximum absolute atomic E-state index is 11.7. The molecule has 1 aromatic rings. The highest BCUT2D eigenvalue weighted by molar-refractivity contribution is 5.76. The van der Waals surface area contributed by atoms with E-state index in [2.05, 4.69) is 38.2 Å². The van der Waals surface area contributed by atoms with E-state index in [1.807, 2.05) is 19.1 Å². The van der Waals surface area contributed by atoms with Gasteiger partial charge in [0, 0.05) is 13.5 Å². The van der Waals surface area contributed by atoms with Crippen molar-refractivity contribution in [2.75, 3.05) is 13.7 Å². The zero-order valence-electron chi connectivity index (χ0n) is 12.6. The van der Waals surface area contributed by atoms with Gasteiger partial charge in [-0.1, -0.05) is 32.9 Å². The smallest absolute Gasteiger partial charge is 0.220 e. The highest BCUT2D eigenvalue weighted by Gasteiger charge is 2.28. The number of hydrogen-bond donors (Lipinski definition) is 1. The number of carbonyl (C=O) groups excluding carboxylic acids is 1. The molecule has 1 rings (SSSR count). The Morgan fingerprint density at radius 2 is 1.84 bits per heavy atom. The van der Waals surface area contributed by atoms with Gasteiger partial charge in [-0.25, -0.2) is 0 Å². The fraction of sp³-hybridized carbons (Fsp3) is 0.562. The third-order valence-corrected chi connectivity index (χ3v) is 3.31. The van der Waals surface area contributed by atoms with Crippen molar-refractivity contribution in [2.45, 2.75) is 40.0 Å². The van der Waals surface area contributed by atoms with Gasteiger partial charge in [0.2, 0.25) is 5.91 Å². The van der Waals surface area contributed by atoms with Crippen LogP contribution in [0.1, 0.15) is 45.6 Å². The fourth-order valence-corrected chi connectivity index (χ4v) is 2.17. The number of nitrogens with one attached hydrogen (secondary N) is 1. The van der Waals surface area contributed by atoms with E-state index in [4.69, 9.17) is 4.74 Å². The number of amides is 1. The lowest BCUT2D eigenvalue weighted by Gasteiger charge is -2.30. The molecule has 0 radical (unpaired) electrons. The number of carbonyl (C=O) groups is 1. The van der Waals surface area contributed by atoms with Crippen LogP contribution in [0.4, 0.5) is 0 Å². The predicted molar refractivity (Wildman–Crippen MR) is 78.5 cm³/mol. The summed E-state index contributed by atoms with van der Waals surface area (Å²) in [6.07, 6.45) is 0.508. The Bertz CT molecular complexity index is 404. The van der Waals surface area contributed by atoms with E-state index >= 15 is 0 Å². The first kappa shape index (κ1) is 15.5. The molecule has 0 aliphatic heterocycles. The summed E-state index contributed by atoms with van der Waals surface area (Å²) < 4.78 is 5.45. The quantitative estimate of drug-likeness (QED) is 0.884. The largest absolute Gasteiger partial charge is 0.494 e. The second-order valence-corrected chi connectivity index (χ2v) is 5.80. The Kier molecular flexibility index (Phi) is 5.40. The maximum atomic E-state index is 11.7. The zero-order valence-corrected chi connectivity index (χ0v) is 12.6. The average molecular weight is 263 g/mol. The van der Waals surface area contributed by atoms with Crippen molar-refractivity contribution in [3.05, 3.63) is 29.8 Å². The van der Waals surface area contributed by atoms with Crippen LogP contribution in [0.2, 0.25) is 0 Å². The lowest BCUT2D eigenvalue weighted by Crippen LogP contribution is -2.27. The minimum absolute atomic E-state index is 0.0413. The van der Waals surface area contributed by atoms with E-state index in [0.29, 0.717) is 13.0 Å². The lowest BCUT2D eigenvalue weighted by molar-refractivity contribution is -0.121. The molecule has 0 aromatic heterocycles. The zero-order chi connectivity index (χ0) is 14.5. The number of hydrogen-bond acceptors (Lipinski definition) is 2. The third kappa shape index (κ3) is 4.58. The molecule has 106 valence electrons. The average Bonchev–Trinajstić information content (AvgIpc) is 2.36. The molecule has 0 aliphatic carbocycles. The van der Waals surface area contributed by atoms with Gasteiger partial charge in [0.25, 0.3) is 0 Å². The van der Waals surface area contributed by atoms with Gasteiger partial charge >= 0.3 is 0 Å². The topological polar surface area (TPSA) is 38.3 Å². The Balaban J connectivity index is 2.94. The van der Waals surface area contributed by atoms with Crippen LogP contribution in [0.15, 0.2) is 24.3 Å². The van der Waals surface area contributed by atoms with Crippen molar-refractivity contribution < 1.29 is 9.53 Å². The molecule has 3 nitrogen and oxygen atoms in total. The third-order valence-electron chi connectivity index (χ3n) is 3.31. The first-order valence-electron chi connectivity index (χ1n) is 6.81. The summed E-state index contributed by atoms with van der Waals surface area (Å²) in [5.41, 5.74) is 1.22. The molecule has 19 heavy (non-hydrogen) atoms. The molecule has 0 fully saturated rings. The van der Waals surface area contributed by atoms with Gasteiger partial charge in [0.1, 0.15) is 5.75 Å². The molecule has 0 saturated heterocycles. The van der Waals surface area contributed by atoms with Crippen LogP contribution in [-0.2, 0) is 4.79 Å². The molecule has 0 saturated carbocycles. The second-order valence-electron chi connectivity index (χ2n) is 5.80. The van der Waals surface area contributed by atoms with E-state index in [0.717, 1.165) is 5.75 Å². The maximum Gasteiger partial charge on any atom is 0.220 e. The van der Waals surface area contributed by atoms with Crippen molar-refractivity contribution in [2.24, 2.45) is 5.41 Å². The van der Waals surface area contributed by atoms with Gasteiger partial charge in [-0.05, 0) is 36.0 Å². The molecule has 0 heterocycles. The molecule has 0 aliphatic rings. The summed E-state index contributed by atoms with van der Waals surface area (Å²) in [5, 5.41) is 2.71. The molecule has 3 heteroatoms. The van der Waals surface area contributed by atoms with E-state index in [1.54, 1.807) is 7.05 Å². The summed E-state index contributed by atoms with van der Waals surface area (Å²) in [7, 11) is 1.68. The standard InChI is InChI=1S/C16H25NO2/c1-6-19-13-9-7-12(8-10-13)14(16(2,3)4)11-15(18)17-5/h7-10,14H,6,11H2,1-5H3,(H,17,18). The van der Waals surface area contributed by atoms with Crippen LogP contribution >= 0.6 is 0 Å². The van der Waals surface area contributed by atoms with E-state index < -0.39 is 0 Å². The summed E-state index contributed by atoms with van der Waals surface area (Å²) in [6.45, 7) is 9.13. The molecule has 1 unspecified atom stereocenters. The van der Waals surface area contributed by atoms with Crippen molar-refractivity contribution in [1.82, 2.24) is 5.32 Å². The van der Waals surface area contributed by atoms with Gasteiger partial charge in [0.05, 0.1) is 6.61 Å². The van der Waals surface area contributed by atoms with Crippen LogP contribution in [0.3, 0.4) is 0 Å². The minimum atomic E-state index is 0.0413. The Hall–Kier alpha value is -1.51. The molecule has 1 aromatic carbocycles. The summed E-state index contributed by atoms with van der Waals surface area (Å²) in [5.74, 6) is 1.15. The summed E-state index contributed by atoms with van der Waals surface area (Å²) in [4.78, 5) is 11.7. The van der Waals surface area contributed by atoms with Crippen LogP contribution in [0, 0.1) is 5.41 Å². The molecule has 1 N–H and O–H groups in total. The SMILES string of the molecule is CCOc1ccc(C(CC(=O)NC)C(C)(C)C)cc1. The van der Waals surface area contributed by atoms with Crippen LogP contribution in [0.5, 0.6) is 5.75 Å². The molecular weight excluding hydrogens is 238 g/mol. The predicted octanol–water partition coefficient (Wildman–Crippen LogP) is 3.35. The number of benzene rings is 1. The van der Waals surface area contributed by atoms with Gasteiger partial charge in [0.15, 0.2) is 0 Å². The Labute approximate surface area is 116 Å². The van der Waals surface area contributed by atoms with Crippen molar-refractivity contribution in [3.8, 4) is 5.75 Å². The number of ether oxygens (including phenoxy) is 1. The van der Waals surface area contributed by atoms with E-state index in [1.165, 1.54) is 5.56 Å². The van der Waals surface area contributed by atoms with Crippen LogP contribution < -0.4 is 10.1 Å². The molecule has 0 bridgehead atoms. The summed E-state index contributed by atoms with van der Waals surface area (Å²) in [6, 6.07) is 8.07. The highest BCUT2D eigenvalue weighted by Crippen LogP contribution is 2.38. The fourth-order valence-electron chi connectivity index (χ4n) is 2.17. The number of rotatable bonds is 5. The van der Waals surface area contributed by atoms with Crippen LogP contribution in [-0.4, -0.2) is 19.6 Å². The van der Waals surface area contributed by atoms with E-state index in [-0.39, 0.29) is 17.2 Å². The van der Waals surface area contributed by atoms with E-state index in [9.17, 15) is 4.79 Å². The van der Waals surface area contributed by atoms with Gasteiger partial charge in [-0.15, -0.1) is 0 Å². The normalized spacial score (nSPS) is 12.9. The van der Waals surface area contributed by atoms with Crippen molar-refractivity contribution in [1.29, 1.82) is 0 Å². The van der Waals surface area contributed by atoms with Crippen LogP contribution in [0.25, 0.3) is 0 Å². The second kappa shape index (κ2) is 6.60. The molecule has 1 atom stereocenters. The Morgan fingerprint density at radius 3 is 2.26 bits per heavy atom. The van der Waals surface area contributed by atoms with Gasteiger partial charge < -0.3 is 10.1 Å². The Morgan fingerprint density at radius 1 is 1.26 bits per heavy atom. The van der Waals surface area contributed by atoms with Gasteiger partial charge in [-0.3, -0.25) is 4.79 Å².